The van der Waals surface area contributed by atoms with Gasteiger partial charge in [0.15, 0.2) is 0 Å². The van der Waals surface area contributed by atoms with Crippen molar-refractivity contribution in [3.05, 3.63) is 204 Å². The van der Waals surface area contributed by atoms with Gasteiger partial charge in [-0.3, -0.25) is 38.4 Å². The van der Waals surface area contributed by atoms with Crippen LogP contribution < -0.4 is 52.0 Å². The van der Waals surface area contributed by atoms with Gasteiger partial charge in [0.2, 0.25) is 47.3 Å². The molecular weight excluding hydrogens is 1430 g/mol. The molecule has 6 aromatic carbocycles. The number of carboxylic acids is 2. The van der Waals surface area contributed by atoms with Gasteiger partial charge in [0, 0.05) is 51.6 Å². The van der Waals surface area contributed by atoms with Crippen LogP contribution in [0.3, 0.4) is 0 Å². The normalized spacial score (nSPS) is 21.1. The number of carbonyl (C=O) groups is 10. The van der Waals surface area contributed by atoms with Crippen molar-refractivity contribution in [3.63, 3.8) is 0 Å². The highest BCUT2D eigenvalue weighted by atomic mass is 16.5. The van der Waals surface area contributed by atoms with Crippen molar-refractivity contribution >= 4 is 59.2 Å². The standard InChI is InChI=1S/C82H96N16O14/c1-47(2)71(89-73(99)49(5)83-7)79(105)95-42-61-39-68(95)77(103)85-64(35-52-23-29-58(30-24-52)56-15-11-9-12-16-56)75(101)87-66(81(107)108)37-51-19-21-55(22-20-51)45-112-70-44-98(94-92-70)62-40-69(96(43-62)80(106)72(48(3)4)90-74(100)50(6)84-8)78(104)86-65(36-53-25-31-59(32-26-53)57-17-13-10-14-18-57)76(102)88-67(82(109)110)38-54-27-33-63(34-28-54)111-46-60-41-97(61)93-91-60/h9-34,41,44,47-50,61-62,64-69,71-72,83-84H,35-40,42-43,45-46H2,1-8H3,(H,85,103)(H,86,104)(H,87,101)(H,88,102)(H,89,99)(H,90,100)(H,107,108)(H,109,110). The minimum absolute atomic E-state index is 0.0372. The maximum atomic E-state index is 15.2. The predicted octanol–water partition coefficient (Wildman–Crippen LogP) is 4.54. The first-order valence-electron chi connectivity index (χ1n) is 37.6. The number of benzene rings is 6. The zero-order chi connectivity index (χ0) is 79.9. The third kappa shape index (κ3) is 20.4. The fourth-order valence-electron chi connectivity index (χ4n) is 13.8. The Morgan fingerprint density at radius 2 is 0.875 bits per heavy atom. The third-order valence-electron chi connectivity index (χ3n) is 20.7. The van der Waals surface area contributed by atoms with Gasteiger partial charge in [0.25, 0.3) is 5.88 Å². The molecule has 8 amide bonds. The number of nitrogens with zero attached hydrogens (tertiary/aromatic N) is 8. The van der Waals surface area contributed by atoms with Crippen LogP contribution in [-0.2, 0) is 86.8 Å². The molecule has 0 aliphatic carbocycles. The molecule has 112 heavy (non-hydrogen) atoms. The lowest BCUT2D eigenvalue weighted by molar-refractivity contribution is -0.144. The lowest BCUT2D eigenvalue weighted by Crippen LogP contribution is -2.59. The molecule has 30 nitrogen and oxygen atoms in total. The molecular formula is C82H96N16O14. The number of nitrogens with one attached hydrogen (secondary N) is 8. The zero-order valence-corrected chi connectivity index (χ0v) is 63.7. The van der Waals surface area contributed by atoms with Crippen molar-refractivity contribution in [1.82, 2.24) is 82.3 Å². The van der Waals surface area contributed by atoms with Crippen molar-refractivity contribution < 1.29 is 67.6 Å². The van der Waals surface area contributed by atoms with Crippen molar-refractivity contribution in [2.45, 2.75) is 166 Å². The molecule has 12 atom stereocenters. The number of hydrogen-bond acceptors (Lipinski definition) is 18. The molecule has 2 fully saturated rings. The van der Waals surface area contributed by atoms with E-state index < -0.39 is 144 Å². The summed E-state index contributed by atoms with van der Waals surface area (Å²) >= 11 is 0. The summed E-state index contributed by atoms with van der Waals surface area (Å²) in [4.78, 5) is 146. The average molecular weight is 1530 g/mol. The van der Waals surface area contributed by atoms with Crippen LogP contribution >= 0.6 is 0 Å². The number of amides is 8. The largest absolute Gasteiger partial charge is 0.487 e. The molecule has 10 N–H and O–H groups in total. The number of likely N-dealkylation sites (tertiary alicyclic amines) is 2. The molecule has 12 bridgehead atoms. The SMILES string of the molecule is CNC(C)C(=O)NC(C(=O)N1CC2CC1C(=O)NC(Cc1ccc(-c3ccccc3)cc1)C(=O)NC(C(=O)O)Cc1ccc(cc1)COc1cn(nn1)C1CC(C(=O)NC(Cc3ccc(-c4ccccc4)cc3)C(=O)NC(C(=O)O)Cc3ccc(cc3)OCc3cn2nn3)N(C(=O)C(NC(=O)C(C)NC)C(C)C)C1)C(C)C. The van der Waals surface area contributed by atoms with Gasteiger partial charge in [-0.05, 0) is 102 Å². The van der Waals surface area contributed by atoms with E-state index >= 15 is 19.2 Å². The van der Waals surface area contributed by atoms with E-state index in [0.717, 1.165) is 22.3 Å². The first kappa shape index (κ1) is 80.8. The highest BCUT2D eigenvalue weighted by Crippen LogP contribution is 2.33. The van der Waals surface area contributed by atoms with Crippen LogP contribution in [0.25, 0.3) is 22.3 Å². The maximum absolute atomic E-state index is 15.2. The quantitative estimate of drug-likeness (QED) is 0.0564. The molecule has 30 heteroatoms. The molecule has 0 spiro atoms. The van der Waals surface area contributed by atoms with Crippen LogP contribution in [0.15, 0.2) is 170 Å². The van der Waals surface area contributed by atoms with E-state index in [-0.39, 0.29) is 70.7 Å². The highest BCUT2D eigenvalue weighted by molar-refractivity contribution is 5.98. The van der Waals surface area contributed by atoms with Gasteiger partial charge >= 0.3 is 11.9 Å². The van der Waals surface area contributed by atoms with Crippen LogP contribution in [0, 0.1) is 11.8 Å². The zero-order valence-electron chi connectivity index (χ0n) is 63.7. The monoisotopic (exact) mass is 1530 g/mol. The van der Waals surface area contributed by atoms with E-state index in [9.17, 15) is 39.0 Å². The molecule has 8 heterocycles. The van der Waals surface area contributed by atoms with Gasteiger partial charge in [-0.1, -0.05) is 189 Å². The Kier molecular flexibility index (Phi) is 26.7. The predicted molar refractivity (Wildman–Crippen MR) is 412 cm³/mol. The average Bonchev–Trinajstić information content (AvgIpc) is 1.63. The van der Waals surface area contributed by atoms with E-state index in [2.05, 4.69) is 63.2 Å². The number of hydrogen-bond donors (Lipinski definition) is 10. The summed E-state index contributed by atoms with van der Waals surface area (Å²) < 4.78 is 15.3. The van der Waals surface area contributed by atoms with E-state index in [1.54, 1.807) is 110 Å². The number of aliphatic carboxylic acids is 2. The summed E-state index contributed by atoms with van der Waals surface area (Å²) in [7, 11) is 3.21. The van der Waals surface area contributed by atoms with Crippen LogP contribution in [0.2, 0.25) is 0 Å². The maximum Gasteiger partial charge on any atom is 0.326 e. The van der Waals surface area contributed by atoms with Crippen LogP contribution in [0.1, 0.15) is 100.0 Å². The van der Waals surface area contributed by atoms with Crippen molar-refractivity contribution in [3.8, 4) is 33.9 Å². The second kappa shape index (κ2) is 37.0. The first-order chi connectivity index (χ1) is 53.8. The van der Waals surface area contributed by atoms with Gasteiger partial charge in [-0.25, -0.2) is 19.0 Å². The molecule has 0 radical (unpaired) electrons. The summed E-state index contributed by atoms with van der Waals surface area (Å²) in [6.45, 7) is 9.96. The lowest BCUT2D eigenvalue weighted by atomic mass is 9.99. The topological polar surface area (TPSA) is 394 Å². The van der Waals surface area contributed by atoms with Crippen molar-refractivity contribution in [2.75, 3.05) is 27.2 Å². The highest BCUT2D eigenvalue weighted by Gasteiger charge is 2.47. The van der Waals surface area contributed by atoms with Crippen LogP contribution in [0.4, 0.5) is 0 Å². The summed E-state index contributed by atoms with van der Waals surface area (Å²) in [5, 5.41) is 61.7. The molecule has 12 unspecified atom stereocenters. The molecule has 588 valence electrons. The van der Waals surface area contributed by atoms with E-state index in [0.29, 0.717) is 39.3 Å². The second-order valence-corrected chi connectivity index (χ2v) is 29.4. The second-order valence-electron chi connectivity index (χ2n) is 29.4. The number of likely N-dealkylation sites (N-methyl/N-ethyl adjacent to an activating group) is 2. The summed E-state index contributed by atoms with van der Waals surface area (Å²) in [5.74, 6) is -8.43. The Labute approximate surface area is 648 Å². The van der Waals surface area contributed by atoms with Gasteiger partial charge in [-0.2, -0.15) is 0 Å². The van der Waals surface area contributed by atoms with Crippen molar-refractivity contribution in [1.29, 1.82) is 0 Å². The van der Waals surface area contributed by atoms with Crippen molar-refractivity contribution in [2.24, 2.45) is 11.8 Å². The summed E-state index contributed by atoms with van der Waals surface area (Å²) in [6.07, 6.45) is 2.42. The smallest absolute Gasteiger partial charge is 0.326 e. The lowest BCUT2D eigenvalue weighted by Gasteiger charge is -2.32. The minimum Gasteiger partial charge on any atom is -0.487 e. The Bertz CT molecular complexity index is 4330. The number of aromatic nitrogens is 6. The van der Waals surface area contributed by atoms with Crippen LogP contribution in [-0.4, -0.2) is 197 Å². The molecule has 0 saturated carbocycles. The van der Waals surface area contributed by atoms with Gasteiger partial charge in [0.1, 0.15) is 73.0 Å². The molecule has 2 saturated heterocycles. The number of ether oxygens (including phenoxy) is 2. The molecule has 8 aromatic rings. The summed E-state index contributed by atoms with van der Waals surface area (Å²) in [5.41, 5.74) is 6.87. The number of rotatable bonds is 18. The molecule has 6 aliphatic rings. The van der Waals surface area contributed by atoms with E-state index in [1.807, 2.05) is 109 Å². The minimum atomic E-state index is -1.52. The fourth-order valence-corrected chi connectivity index (χ4v) is 13.8. The van der Waals surface area contributed by atoms with Gasteiger partial charge < -0.3 is 72.0 Å². The molecule has 2 aromatic heterocycles. The van der Waals surface area contributed by atoms with Gasteiger partial charge in [-0.15, -0.1) is 5.10 Å². The Morgan fingerprint density at radius 1 is 0.473 bits per heavy atom. The van der Waals surface area contributed by atoms with E-state index in [1.165, 1.54) is 25.4 Å². The molecule has 14 rings (SSSR count). The Morgan fingerprint density at radius 3 is 1.29 bits per heavy atom. The fraction of sp³-hybridized carbons (Fsp3) is 0.390. The third-order valence-corrected chi connectivity index (χ3v) is 20.7. The first-order valence-corrected chi connectivity index (χ1v) is 37.6. The van der Waals surface area contributed by atoms with Gasteiger partial charge in [0.05, 0.1) is 36.6 Å². The molecule has 6 aliphatic heterocycles. The van der Waals surface area contributed by atoms with E-state index in [4.69, 9.17) is 9.47 Å². The Balaban J connectivity index is 0.912. The Hall–Kier alpha value is -12.2. The number of carbonyl (C=O) groups excluding carboxylic acids is 8. The summed E-state index contributed by atoms with van der Waals surface area (Å²) in [6, 6.07) is 33.9. The van der Waals surface area contributed by atoms with Crippen LogP contribution in [0.5, 0.6) is 11.6 Å². The number of carboxylic acid groups (broad SMARTS) is 2.